The van der Waals surface area contributed by atoms with Gasteiger partial charge in [-0.3, -0.25) is 52.7 Å². The summed E-state index contributed by atoms with van der Waals surface area (Å²) >= 11 is 6.46. The highest BCUT2D eigenvalue weighted by Gasteiger charge is 2.44. The molecule has 0 spiro atoms. The Kier molecular flexibility index (Phi) is 29.5. The van der Waals surface area contributed by atoms with Crippen molar-refractivity contribution >= 4 is 76.6 Å². The highest BCUT2D eigenvalue weighted by molar-refractivity contribution is 6.20. The molecule has 0 radical (unpaired) electrons. The first kappa shape index (κ1) is 76.5. The van der Waals surface area contributed by atoms with Crippen molar-refractivity contribution in [2.75, 3.05) is 69.0 Å². The summed E-state index contributed by atoms with van der Waals surface area (Å²) in [5.74, 6) is -9.69. The third-order valence-corrected chi connectivity index (χ3v) is 19.0. The topological polar surface area (TPSA) is 259 Å². The van der Waals surface area contributed by atoms with Gasteiger partial charge in [-0.15, -0.1) is 11.6 Å². The van der Waals surface area contributed by atoms with E-state index in [-0.39, 0.29) is 93.3 Å². The number of carbonyl (C=O) groups excluding carboxylic acids is 11. The van der Waals surface area contributed by atoms with Crippen LogP contribution >= 0.6 is 11.6 Å². The fraction of sp³-hybridized carbons (Fsp3) is 0.823. The lowest BCUT2D eigenvalue weighted by atomic mass is 9.79. The standard InChI is InChI=1S/C62H105ClF3N11O11/c1-18-38(6)53-59(87)73(13)34-51(80)71(11)35-52(81)76(16)48(32-42-21-26-44(63)27-22-42)58(86)72(12)33-49(78)67-45(28-23-41-19-24-43(25-20-41)62(64,65)66)55(83)68-47(30-37(4)5)57(85)77(17)61(9,10)60(88)69-46(29-36(2)3)56(84)74(14)39(7)31-50(79)75(15)40(8)54(82)70-53/h36-48,53H,18-35H2,1-17H3,(H,67,78)(H,68,83)(H,69,88)(H,70,82)/t38-,39+,40-,41?,42?,43?,44?,45-,46-,47-,48-,53-/m0/s1. The molecule has 0 aromatic rings. The zero-order chi connectivity index (χ0) is 67.0. The summed E-state index contributed by atoms with van der Waals surface area (Å²) in [5, 5.41) is 11.1. The van der Waals surface area contributed by atoms with E-state index in [2.05, 4.69) is 21.3 Å². The molecule has 3 rings (SSSR count). The van der Waals surface area contributed by atoms with E-state index in [1.807, 2.05) is 34.6 Å². The van der Waals surface area contributed by atoms with Crippen molar-refractivity contribution in [2.24, 2.45) is 35.5 Å². The first-order chi connectivity index (χ1) is 40.7. The van der Waals surface area contributed by atoms with Crippen molar-refractivity contribution in [3.05, 3.63) is 0 Å². The van der Waals surface area contributed by atoms with Gasteiger partial charge in [-0.1, -0.05) is 48.0 Å². The van der Waals surface area contributed by atoms with Crippen LogP contribution in [0.2, 0.25) is 0 Å². The van der Waals surface area contributed by atoms with Gasteiger partial charge in [-0.2, -0.15) is 13.2 Å². The van der Waals surface area contributed by atoms with Crippen LogP contribution < -0.4 is 21.3 Å². The van der Waals surface area contributed by atoms with Gasteiger partial charge in [0.05, 0.1) is 25.6 Å². The van der Waals surface area contributed by atoms with Crippen molar-refractivity contribution in [3.63, 3.8) is 0 Å². The zero-order valence-corrected chi connectivity index (χ0v) is 56.2. The number of amides is 11. The number of rotatable bonds is 11. The minimum absolute atomic E-state index is 0.0421. The number of nitrogens with zero attached hydrogens (tertiary/aromatic N) is 7. The SMILES string of the molecule is CC[C@H](C)[C@@H]1NC(=O)[C@H](C)N(C)C(=O)C[C@@H](C)N(C)C(=O)[C@H](CC(C)C)NC(=O)C(C)(C)N(C)C(=O)[C@H](CC(C)C)NC(=O)[C@H](CCC2CCC(C(F)(F)F)CC2)NC(=O)CN(C)C(=O)[C@H](CC2CCC(Cl)CC2)N(C)C(=O)CN(C)C(=O)CN(C)C1=O. The van der Waals surface area contributed by atoms with Crippen molar-refractivity contribution in [2.45, 2.75) is 225 Å². The zero-order valence-electron chi connectivity index (χ0n) is 55.4. The lowest BCUT2D eigenvalue weighted by Crippen LogP contribution is -2.63. The monoisotopic (exact) mass is 1270 g/mol. The molecule has 22 nitrogen and oxygen atoms in total. The Bertz CT molecular complexity index is 2440. The molecule has 0 aromatic carbocycles. The molecule has 3 aliphatic rings. The van der Waals surface area contributed by atoms with Crippen LogP contribution in [0.4, 0.5) is 13.2 Å². The van der Waals surface area contributed by atoms with Gasteiger partial charge in [-0.25, -0.2) is 0 Å². The van der Waals surface area contributed by atoms with E-state index in [4.69, 9.17) is 11.6 Å². The van der Waals surface area contributed by atoms with E-state index >= 15 is 0 Å². The molecule has 0 unspecified atom stereocenters. The van der Waals surface area contributed by atoms with E-state index in [0.29, 0.717) is 32.1 Å². The fourth-order valence-electron chi connectivity index (χ4n) is 11.6. The third-order valence-electron chi connectivity index (χ3n) is 18.6. The van der Waals surface area contributed by atoms with Crippen LogP contribution in [-0.4, -0.2) is 228 Å². The second-order valence-corrected chi connectivity index (χ2v) is 27.4. The van der Waals surface area contributed by atoms with Gasteiger partial charge >= 0.3 is 6.18 Å². The Balaban J connectivity index is 2.15. The van der Waals surface area contributed by atoms with Crippen LogP contribution in [0, 0.1) is 35.5 Å². The Morgan fingerprint density at radius 1 is 0.557 bits per heavy atom. The van der Waals surface area contributed by atoms with Crippen LogP contribution in [-0.2, 0) is 52.7 Å². The summed E-state index contributed by atoms with van der Waals surface area (Å²) in [4.78, 5) is 166. The van der Waals surface area contributed by atoms with Crippen LogP contribution in [0.5, 0.6) is 0 Å². The lowest BCUT2D eigenvalue weighted by molar-refractivity contribution is -0.184. The molecule has 4 N–H and O–H groups in total. The number of alkyl halides is 4. The Morgan fingerprint density at radius 2 is 1.08 bits per heavy atom. The largest absolute Gasteiger partial charge is 0.391 e. The summed E-state index contributed by atoms with van der Waals surface area (Å²) in [5.41, 5.74) is -1.66. The number of carbonyl (C=O) groups is 11. The number of likely N-dealkylation sites (N-methyl/N-ethyl adjacent to an activating group) is 7. The van der Waals surface area contributed by atoms with E-state index in [1.54, 1.807) is 13.8 Å². The molecule has 8 atom stereocenters. The lowest BCUT2D eigenvalue weighted by Gasteiger charge is -2.39. The van der Waals surface area contributed by atoms with Gasteiger partial charge in [0.2, 0.25) is 65.0 Å². The van der Waals surface area contributed by atoms with Crippen LogP contribution in [0.15, 0.2) is 0 Å². The summed E-state index contributed by atoms with van der Waals surface area (Å²) in [6.07, 6.45) is -0.619. The minimum Gasteiger partial charge on any atom is -0.343 e. The molecule has 2 aliphatic carbocycles. The van der Waals surface area contributed by atoms with Crippen molar-refractivity contribution in [1.29, 1.82) is 0 Å². The van der Waals surface area contributed by atoms with Crippen LogP contribution in [0.3, 0.4) is 0 Å². The van der Waals surface area contributed by atoms with E-state index in [9.17, 15) is 65.9 Å². The van der Waals surface area contributed by atoms with Crippen LogP contribution in [0.1, 0.15) is 166 Å². The Labute approximate surface area is 525 Å². The van der Waals surface area contributed by atoms with Gasteiger partial charge in [-0.05, 0) is 141 Å². The molecular weight excluding hydrogens is 1170 g/mol. The van der Waals surface area contributed by atoms with Gasteiger partial charge in [0.25, 0.3) is 0 Å². The molecular formula is C62H105ClF3N11O11. The fourth-order valence-corrected chi connectivity index (χ4v) is 11.8. The summed E-state index contributed by atoms with van der Waals surface area (Å²) in [6.45, 7) is 15.4. The van der Waals surface area contributed by atoms with Crippen molar-refractivity contribution in [3.8, 4) is 0 Å². The van der Waals surface area contributed by atoms with Gasteiger partial charge in [0, 0.05) is 67.2 Å². The molecule has 11 amide bonds. The molecule has 26 heteroatoms. The molecule has 1 heterocycles. The molecule has 88 heavy (non-hydrogen) atoms. The molecule has 0 aromatic heterocycles. The highest BCUT2D eigenvalue weighted by atomic mass is 35.5. The van der Waals surface area contributed by atoms with Crippen molar-refractivity contribution < 1.29 is 65.9 Å². The number of hydrogen-bond donors (Lipinski definition) is 4. The molecule has 502 valence electrons. The normalized spacial score (nSPS) is 29.5. The maximum atomic E-state index is 14.8. The predicted molar refractivity (Wildman–Crippen MR) is 328 cm³/mol. The van der Waals surface area contributed by atoms with Gasteiger partial charge in [0.1, 0.15) is 41.8 Å². The quantitative estimate of drug-likeness (QED) is 0.202. The summed E-state index contributed by atoms with van der Waals surface area (Å²) in [6, 6.07) is -7.90. The van der Waals surface area contributed by atoms with E-state index in [1.165, 1.54) is 89.7 Å². The Hall–Kier alpha value is -5.75. The summed E-state index contributed by atoms with van der Waals surface area (Å²) < 4.78 is 41.1. The summed E-state index contributed by atoms with van der Waals surface area (Å²) in [7, 11) is 9.84. The highest BCUT2D eigenvalue weighted by Crippen LogP contribution is 2.41. The Morgan fingerprint density at radius 3 is 1.61 bits per heavy atom. The second kappa shape index (κ2) is 33.9. The number of halogens is 4. The van der Waals surface area contributed by atoms with Gasteiger partial charge in [0.15, 0.2) is 0 Å². The molecule has 0 bridgehead atoms. The average Bonchev–Trinajstić information content (AvgIpc) is 2.99. The maximum Gasteiger partial charge on any atom is 0.391 e. The number of hydrogen-bond acceptors (Lipinski definition) is 11. The second-order valence-electron chi connectivity index (χ2n) is 26.8. The molecule has 1 aliphatic heterocycles. The average molecular weight is 1270 g/mol. The van der Waals surface area contributed by atoms with Crippen molar-refractivity contribution in [1.82, 2.24) is 55.6 Å². The number of nitrogens with one attached hydrogen (secondary N) is 4. The maximum absolute atomic E-state index is 14.8. The predicted octanol–water partition coefficient (Wildman–Crippen LogP) is 4.94. The third kappa shape index (κ3) is 22.0. The molecule has 2 saturated carbocycles. The van der Waals surface area contributed by atoms with Crippen LogP contribution in [0.25, 0.3) is 0 Å². The van der Waals surface area contributed by atoms with E-state index in [0.717, 1.165) is 14.7 Å². The van der Waals surface area contributed by atoms with Gasteiger partial charge < -0.3 is 55.6 Å². The molecule has 1 saturated heterocycles. The smallest absolute Gasteiger partial charge is 0.343 e. The van der Waals surface area contributed by atoms with E-state index < -0.39 is 150 Å². The minimum atomic E-state index is -4.35. The first-order valence-electron chi connectivity index (χ1n) is 31.4. The first-order valence-corrected chi connectivity index (χ1v) is 31.9. The molecule has 3 fully saturated rings.